The zero-order chi connectivity index (χ0) is 8.55. The van der Waals surface area contributed by atoms with Gasteiger partial charge >= 0.3 is 0 Å². The molecule has 0 unspecified atom stereocenters. The molecule has 4 heteroatoms. The van der Waals surface area contributed by atoms with Crippen LogP contribution in [0.3, 0.4) is 0 Å². The first-order valence-corrected chi connectivity index (χ1v) is 3.34. The number of benzene rings is 1. The van der Waals surface area contributed by atoms with Crippen molar-refractivity contribution in [3.8, 4) is 0 Å². The van der Waals surface area contributed by atoms with Crippen molar-refractivity contribution in [2.24, 2.45) is 0 Å². The number of hydrogen-bond acceptors (Lipinski definition) is 2. The third kappa shape index (κ3) is 1.01. The summed E-state index contributed by atoms with van der Waals surface area (Å²) in [5.41, 5.74) is 0.328. The van der Waals surface area contributed by atoms with E-state index in [9.17, 15) is 8.78 Å². The summed E-state index contributed by atoms with van der Waals surface area (Å²) in [5.74, 6) is -1.33. The molecule has 0 aliphatic rings. The van der Waals surface area contributed by atoms with E-state index in [-0.39, 0.29) is 5.52 Å². The van der Waals surface area contributed by atoms with E-state index in [1.165, 1.54) is 12.1 Å². The normalized spacial score (nSPS) is 10.5. The summed E-state index contributed by atoms with van der Waals surface area (Å²) in [6.45, 7) is 0. The van der Waals surface area contributed by atoms with Crippen LogP contribution >= 0.6 is 0 Å². The van der Waals surface area contributed by atoms with Gasteiger partial charge in [-0.3, -0.25) is 0 Å². The molecule has 2 rings (SSSR count). The molecule has 0 amide bonds. The van der Waals surface area contributed by atoms with Crippen LogP contribution in [0.25, 0.3) is 11.0 Å². The molecule has 60 valence electrons. The van der Waals surface area contributed by atoms with Crippen molar-refractivity contribution < 1.29 is 8.78 Å². The van der Waals surface area contributed by atoms with Gasteiger partial charge in [-0.25, -0.2) is 14.4 Å². The van der Waals surface area contributed by atoms with E-state index in [0.29, 0.717) is 5.52 Å². The van der Waals surface area contributed by atoms with Crippen molar-refractivity contribution in [3.05, 3.63) is 36.2 Å². The molecule has 1 aromatic heterocycles. The van der Waals surface area contributed by atoms with Crippen LogP contribution in [0.2, 0.25) is 0 Å². The molecule has 0 fully saturated rings. The van der Waals surface area contributed by atoms with Crippen molar-refractivity contribution in [3.63, 3.8) is 0 Å². The number of halogens is 2. The van der Waals surface area contributed by atoms with E-state index in [0.717, 1.165) is 6.20 Å². The highest BCUT2D eigenvalue weighted by molar-refractivity contribution is 5.73. The van der Waals surface area contributed by atoms with Crippen molar-refractivity contribution >= 4 is 11.0 Å². The van der Waals surface area contributed by atoms with Gasteiger partial charge in [0.05, 0.1) is 11.7 Å². The van der Waals surface area contributed by atoms with E-state index in [1.807, 2.05) is 0 Å². The highest BCUT2D eigenvalue weighted by atomic mass is 19.1. The lowest BCUT2D eigenvalue weighted by Crippen LogP contribution is -1.90. The molecule has 2 nitrogen and oxygen atoms in total. The lowest BCUT2D eigenvalue weighted by atomic mass is 10.3. The van der Waals surface area contributed by atoms with Gasteiger partial charge in [0, 0.05) is 0 Å². The van der Waals surface area contributed by atoms with E-state index in [2.05, 4.69) is 9.97 Å². The maximum Gasteiger partial charge on any atom is 0.232 e. The van der Waals surface area contributed by atoms with Crippen LogP contribution in [0.4, 0.5) is 8.78 Å². The second-order valence-corrected chi connectivity index (χ2v) is 2.30. The molecule has 0 atom stereocenters. The molecule has 0 spiro atoms. The Morgan fingerprint density at radius 2 is 2.00 bits per heavy atom. The molecular weight excluding hydrogens is 162 g/mol. The molecular formula is C8H4F2N2. The van der Waals surface area contributed by atoms with Crippen LogP contribution in [0.15, 0.2) is 24.4 Å². The average molecular weight is 166 g/mol. The molecule has 0 aliphatic heterocycles. The number of aromatic nitrogens is 2. The molecule has 0 aliphatic carbocycles. The highest BCUT2D eigenvalue weighted by Gasteiger charge is 2.02. The molecule has 0 N–H and O–H groups in total. The summed E-state index contributed by atoms with van der Waals surface area (Å²) in [4.78, 5) is 7.04. The molecule has 2 aromatic rings. The quantitative estimate of drug-likeness (QED) is 0.597. The summed E-state index contributed by atoms with van der Waals surface area (Å²) >= 11 is 0. The van der Waals surface area contributed by atoms with Gasteiger partial charge in [-0.1, -0.05) is 6.07 Å². The van der Waals surface area contributed by atoms with E-state index < -0.39 is 11.8 Å². The van der Waals surface area contributed by atoms with Gasteiger partial charge in [-0.05, 0) is 12.1 Å². The highest BCUT2D eigenvalue weighted by Crippen LogP contribution is 2.12. The average Bonchev–Trinajstić information content (AvgIpc) is 2.07. The summed E-state index contributed by atoms with van der Waals surface area (Å²) in [5, 5.41) is 0. The zero-order valence-corrected chi connectivity index (χ0v) is 5.96. The fourth-order valence-corrected chi connectivity index (χ4v) is 0.977. The fourth-order valence-electron chi connectivity index (χ4n) is 0.977. The maximum atomic E-state index is 12.9. The van der Waals surface area contributed by atoms with Crippen LogP contribution < -0.4 is 0 Å². The lowest BCUT2D eigenvalue weighted by Gasteiger charge is -1.95. The summed E-state index contributed by atoms with van der Waals surface area (Å²) in [6, 6.07) is 4.30. The molecule has 1 heterocycles. The second kappa shape index (κ2) is 2.48. The first-order valence-electron chi connectivity index (χ1n) is 3.34. The molecule has 0 bridgehead atoms. The van der Waals surface area contributed by atoms with Gasteiger partial charge in [0.25, 0.3) is 0 Å². The van der Waals surface area contributed by atoms with E-state index in [1.54, 1.807) is 6.07 Å². The first-order chi connectivity index (χ1) is 5.77. The lowest BCUT2D eigenvalue weighted by molar-refractivity contribution is 0.575. The minimum Gasteiger partial charge on any atom is -0.250 e. The van der Waals surface area contributed by atoms with Crippen molar-refractivity contribution in [1.29, 1.82) is 0 Å². The van der Waals surface area contributed by atoms with Gasteiger partial charge < -0.3 is 0 Å². The number of fused-ring (bicyclic) bond motifs is 1. The molecule has 1 aromatic carbocycles. The number of para-hydroxylation sites is 1. The monoisotopic (exact) mass is 166 g/mol. The number of hydrogen-bond donors (Lipinski definition) is 0. The van der Waals surface area contributed by atoms with E-state index >= 15 is 0 Å². The van der Waals surface area contributed by atoms with Gasteiger partial charge in [0.15, 0.2) is 5.82 Å². The third-order valence-corrected chi connectivity index (χ3v) is 1.49. The minimum absolute atomic E-state index is 0.0301. The Hall–Kier alpha value is -1.58. The third-order valence-electron chi connectivity index (χ3n) is 1.49. The smallest absolute Gasteiger partial charge is 0.232 e. The predicted octanol–water partition coefficient (Wildman–Crippen LogP) is 1.91. The second-order valence-electron chi connectivity index (χ2n) is 2.30. The van der Waals surface area contributed by atoms with Crippen LogP contribution in [-0.4, -0.2) is 9.97 Å². The van der Waals surface area contributed by atoms with Gasteiger partial charge in [-0.2, -0.15) is 4.39 Å². The molecule has 0 saturated heterocycles. The standard InChI is InChI=1S/C8H4F2N2/c9-5-2-1-3-6-8(5)12-7(10)4-11-6/h1-4H. The largest absolute Gasteiger partial charge is 0.250 e. The van der Waals surface area contributed by atoms with Crippen LogP contribution in [0.1, 0.15) is 0 Å². The van der Waals surface area contributed by atoms with Crippen LogP contribution in [0.5, 0.6) is 0 Å². The Balaban J connectivity index is 2.88. The Morgan fingerprint density at radius 1 is 1.17 bits per heavy atom. The first kappa shape index (κ1) is 7.09. The number of rotatable bonds is 0. The number of nitrogens with zero attached hydrogens (tertiary/aromatic N) is 2. The zero-order valence-electron chi connectivity index (χ0n) is 5.96. The summed E-state index contributed by atoms with van der Waals surface area (Å²) in [7, 11) is 0. The molecule has 0 saturated carbocycles. The Labute approximate surface area is 66.9 Å². The topological polar surface area (TPSA) is 25.8 Å². The van der Waals surface area contributed by atoms with E-state index in [4.69, 9.17) is 0 Å². The van der Waals surface area contributed by atoms with Gasteiger partial charge in [0.2, 0.25) is 5.95 Å². The summed E-state index contributed by atoms with van der Waals surface area (Å²) in [6.07, 6.45) is 0.960. The Morgan fingerprint density at radius 3 is 2.83 bits per heavy atom. The molecule has 12 heavy (non-hydrogen) atoms. The Kier molecular flexibility index (Phi) is 1.46. The van der Waals surface area contributed by atoms with Crippen LogP contribution in [0, 0.1) is 11.8 Å². The predicted molar refractivity (Wildman–Crippen MR) is 39.5 cm³/mol. The van der Waals surface area contributed by atoms with Crippen molar-refractivity contribution in [2.75, 3.05) is 0 Å². The van der Waals surface area contributed by atoms with Gasteiger partial charge in [-0.15, -0.1) is 0 Å². The van der Waals surface area contributed by atoms with Gasteiger partial charge in [0.1, 0.15) is 5.52 Å². The molecule has 0 radical (unpaired) electrons. The maximum absolute atomic E-state index is 12.9. The minimum atomic E-state index is -0.771. The Bertz CT molecular complexity index is 428. The van der Waals surface area contributed by atoms with Crippen molar-refractivity contribution in [2.45, 2.75) is 0 Å². The van der Waals surface area contributed by atoms with Crippen molar-refractivity contribution in [1.82, 2.24) is 9.97 Å². The van der Waals surface area contributed by atoms with Crippen LogP contribution in [-0.2, 0) is 0 Å². The fraction of sp³-hybridized carbons (Fsp3) is 0. The summed E-state index contributed by atoms with van der Waals surface area (Å²) < 4.78 is 25.4. The SMILES string of the molecule is Fc1cnc2cccc(F)c2n1.